The maximum Gasteiger partial charge on any atom is 0.174 e. The number of aromatic nitrogens is 2. The van der Waals surface area contributed by atoms with E-state index in [4.69, 9.17) is 12.2 Å². The third-order valence-corrected chi connectivity index (χ3v) is 4.77. The largest absolute Gasteiger partial charge is 0.363 e. The van der Waals surface area contributed by atoms with Crippen LogP contribution in [0.5, 0.6) is 0 Å². The first-order chi connectivity index (χ1) is 12.1. The SMILES string of the molecule is Cc1cc(N2C(=S)N[C@H](c3ccccn3)[C@@H]2c2ccc[nH]2)ccc1F. The highest BCUT2D eigenvalue weighted by atomic mass is 32.1. The van der Waals surface area contributed by atoms with Gasteiger partial charge in [-0.2, -0.15) is 0 Å². The van der Waals surface area contributed by atoms with Crippen molar-refractivity contribution < 1.29 is 4.39 Å². The Morgan fingerprint density at radius 2 is 2.04 bits per heavy atom. The molecule has 4 nitrogen and oxygen atoms in total. The molecule has 0 spiro atoms. The van der Waals surface area contributed by atoms with E-state index in [0.29, 0.717) is 10.7 Å². The summed E-state index contributed by atoms with van der Waals surface area (Å²) in [6, 6.07) is 14.7. The lowest BCUT2D eigenvalue weighted by Gasteiger charge is -2.27. The zero-order chi connectivity index (χ0) is 17.4. The average molecular weight is 352 g/mol. The average Bonchev–Trinajstić information content (AvgIpc) is 3.25. The Morgan fingerprint density at radius 3 is 2.72 bits per heavy atom. The Hall–Kier alpha value is -2.73. The van der Waals surface area contributed by atoms with E-state index in [1.54, 1.807) is 19.2 Å². The van der Waals surface area contributed by atoms with Crippen LogP contribution >= 0.6 is 12.2 Å². The first-order valence-corrected chi connectivity index (χ1v) is 8.46. The Kier molecular flexibility index (Phi) is 3.97. The standard InChI is InChI=1S/C19H17FN4S/c1-12-11-13(7-8-14(12)20)24-18(16-6-4-10-22-16)17(23-19(24)25)15-5-2-3-9-21-15/h2-11,17-18,22H,1H3,(H,23,25)/t17-,18+/m1/s1. The van der Waals surface area contributed by atoms with Gasteiger partial charge in [0.05, 0.1) is 11.7 Å². The van der Waals surface area contributed by atoms with E-state index in [0.717, 1.165) is 17.1 Å². The summed E-state index contributed by atoms with van der Waals surface area (Å²) >= 11 is 5.61. The molecule has 3 aromatic rings. The van der Waals surface area contributed by atoms with Crippen molar-refractivity contribution >= 4 is 23.0 Å². The van der Waals surface area contributed by atoms with Gasteiger partial charge in [0, 0.05) is 23.8 Å². The molecule has 0 unspecified atom stereocenters. The van der Waals surface area contributed by atoms with Gasteiger partial charge in [-0.3, -0.25) is 4.98 Å². The molecule has 2 N–H and O–H groups in total. The number of hydrogen-bond donors (Lipinski definition) is 2. The molecule has 1 aliphatic rings. The van der Waals surface area contributed by atoms with Gasteiger partial charge in [-0.1, -0.05) is 6.07 Å². The van der Waals surface area contributed by atoms with E-state index in [-0.39, 0.29) is 17.9 Å². The van der Waals surface area contributed by atoms with Gasteiger partial charge in [-0.15, -0.1) is 0 Å². The van der Waals surface area contributed by atoms with Crippen LogP contribution in [-0.4, -0.2) is 15.1 Å². The third-order valence-electron chi connectivity index (χ3n) is 4.46. The molecule has 6 heteroatoms. The molecule has 1 saturated heterocycles. The smallest absolute Gasteiger partial charge is 0.174 e. The molecule has 1 fully saturated rings. The lowest BCUT2D eigenvalue weighted by Crippen LogP contribution is -2.29. The summed E-state index contributed by atoms with van der Waals surface area (Å²) in [7, 11) is 0. The first-order valence-electron chi connectivity index (χ1n) is 8.05. The van der Waals surface area contributed by atoms with Gasteiger partial charge < -0.3 is 15.2 Å². The minimum absolute atomic E-state index is 0.0951. The van der Waals surface area contributed by atoms with Crippen molar-refractivity contribution in [1.82, 2.24) is 15.3 Å². The molecule has 2 atom stereocenters. The number of aromatic amines is 1. The summed E-state index contributed by atoms with van der Waals surface area (Å²) < 4.78 is 13.7. The summed E-state index contributed by atoms with van der Waals surface area (Å²) in [5.74, 6) is -0.223. The Labute approximate surface area is 150 Å². The first kappa shape index (κ1) is 15.8. The molecule has 4 rings (SSSR count). The number of H-pyrrole nitrogens is 1. The van der Waals surface area contributed by atoms with E-state index in [2.05, 4.69) is 15.3 Å². The number of nitrogens with zero attached hydrogens (tertiary/aromatic N) is 2. The topological polar surface area (TPSA) is 44.0 Å². The fourth-order valence-electron chi connectivity index (χ4n) is 3.26. The minimum atomic E-state index is -0.223. The van der Waals surface area contributed by atoms with Gasteiger partial charge in [-0.25, -0.2) is 4.39 Å². The molecule has 1 aliphatic heterocycles. The van der Waals surface area contributed by atoms with Crippen LogP contribution in [0.1, 0.15) is 29.0 Å². The number of thiocarbonyl (C=S) groups is 1. The molecule has 126 valence electrons. The second-order valence-electron chi connectivity index (χ2n) is 6.06. The molecule has 1 aromatic carbocycles. The fourth-order valence-corrected chi connectivity index (χ4v) is 3.60. The molecule has 0 aliphatic carbocycles. The zero-order valence-electron chi connectivity index (χ0n) is 13.6. The fraction of sp³-hybridized carbons (Fsp3) is 0.158. The molecule has 2 aromatic heterocycles. The van der Waals surface area contributed by atoms with E-state index >= 15 is 0 Å². The minimum Gasteiger partial charge on any atom is -0.363 e. The number of rotatable bonds is 3. The van der Waals surface area contributed by atoms with Gasteiger partial charge in [0.25, 0.3) is 0 Å². The molecule has 0 saturated carbocycles. The van der Waals surface area contributed by atoms with Gasteiger partial charge in [0.2, 0.25) is 0 Å². The van der Waals surface area contributed by atoms with E-state index in [1.807, 2.05) is 47.5 Å². The summed E-state index contributed by atoms with van der Waals surface area (Å²) in [6.07, 6.45) is 3.66. The van der Waals surface area contributed by atoms with Crippen LogP contribution in [0.15, 0.2) is 60.9 Å². The molecule has 25 heavy (non-hydrogen) atoms. The molecule has 0 bridgehead atoms. The summed E-state index contributed by atoms with van der Waals surface area (Å²) in [5.41, 5.74) is 3.37. The molecule has 0 radical (unpaired) electrons. The zero-order valence-corrected chi connectivity index (χ0v) is 14.4. The number of hydrogen-bond acceptors (Lipinski definition) is 2. The Bertz CT molecular complexity index is 895. The quantitative estimate of drug-likeness (QED) is 0.699. The number of aryl methyl sites for hydroxylation is 1. The predicted molar refractivity (Wildman–Crippen MR) is 99.9 cm³/mol. The molecular formula is C19H17FN4S. The Morgan fingerprint density at radius 1 is 1.16 bits per heavy atom. The van der Waals surface area contributed by atoms with Crippen LogP contribution in [0.25, 0.3) is 0 Å². The summed E-state index contributed by atoms with van der Waals surface area (Å²) in [4.78, 5) is 9.80. The second kappa shape index (κ2) is 6.29. The van der Waals surface area contributed by atoms with Gasteiger partial charge in [0.1, 0.15) is 11.9 Å². The molecule has 0 amide bonds. The van der Waals surface area contributed by atoms with Gasteiger partial charge >= 0.3 is 0 Å². The van der Waals surface area contributed by atoms with Crippen LogP contribution < -0.4 is 10.2 Å². The maximum atomic E-state index is 13.7. The van der Waals surface area contributed by atoms with Crippen LogP contribution in [0.4, 0.5) is 10.1 Å². The van der Waals surface area contributed by atoms with Gasteiger partial charge in [0.15, 0.2) is 5.11 Å². The van der Waals surface area contributed by atoms with Crippen molar-refractivity contribution in [1.29, 1.82) is 0 Å². The van der Waals surface area contributed by atoms with Crippen molar-refractivity contribution in [2.45, 2.75) is 19.0 Å². The van der Waals surface area contributed by atoms with E-state index < -0.39 is 0 Å². The summed E-state index contributed by atoms with van der Waals surface area (Å²) in [6.45, 7) is 1.76. The van der Waals surface area contributed by atoms with Crippen molar-refractivity contribution in [2.24, 2.45) is 0 Å². The third kappa shape index (κ3) is 2.78. The van der Waals surface area contributed by atoms with Crippen LogP contribution in [0, 0.1) is 12.7 Å². The number of anilines is 1. The molecule has 3 heterocycles. The van der Waals surface area contributed by atoms with Crippen molar-refractivity contribution in [3.05, 3.63) is 83.7 Å². The van der Waals surface area contributed by atoms with E-state index in [1.165, 1.54) is 6.07 Å². The number of nitrogens with one attached hydrogen (secondary N) is 2. The monoisotopic (exact) mass is 352 g/mol. The Balaban J connectivity index is 1.82. The van der Waals surface area contributed by atoms with Crippen LogP contribution in [0.3, 0.4) is 0 Å². The number of halogens is 1. The highest BCUT2D eigenvalue weighted by Gasteiger charge is 2.41. The predicted octanol–water partition coefficient (Wildman–Crippen LogP) is 4.03. The summed E-state index contributed by atoms with van der Waals surface area (Å²) in [5, 5.41) is 3.97. The lowest BCUT2D eigenvalue weighted by atomic mass is 10.0. The second-order valence-corrected chi connectivity index (χ2v) is 6.44. The van der Waals surface area contributed by atoms with Crippen molar-refractivity contribution in [3.8, 4) is 0 Å². The number of pyridine rings is 1. The highest BCUT2D eigenvalue weighted by molar-refractivity contribution is 7.80. The van der Waals surface area contributed by atoms with Crippen LogP contribution in [0.2, 0.25) is 0 Å². The maximum absolute atomic E-state index is 13.7. The van der Waals surface area contributed by atoms with Crippen molar-refractivity contribution in [3.63, 3.8) is 0 Å². The normalized spacial score (nSPS) is 19.9. The van der Waals surface area contributed by atoms with Crippen molar-refractivity contribution in [2.75, 3.05) is 4.90 Å². The number of benzene rings is 1. The lowest BCUT2D eigenvalue weighted by molar-refractivity contribution is 0.558. The van der Waals surface area contributed by atoms with Gasteiger partial charge in [-0.05, 0) is 67.2 Å². The van der Waals surface area contributed by atoms with Crippen LogP contribution in [-0.2, 0) is 0 Å². The molecular weight excluding hydrogens is 335 g/mol. The highest BCUT2D eigenvalue weighted by Crippen LogP contribution is 2.41. The van der Waals surface area contributed by atoms with E-state index in [9.17, 15) is 4.39 Å².